The maximum absolute atomic E-state index is 13.2. The third kappa shape index (κ3) is 5.04. The van der Waals surface area contributed by atoms with Gasteiger partial charge in [-0.3, -0.25) is 4.79 Å². The standard InChI is InChI=1S/C17H17F2NO2S/c1-11(17(22)12-7-8-14(18)15(19)9-12)20-16(21)10-23-13-5-3-2-4-6-13/h2-9,11,17,22H,10H2,1H3,(H,20,21). The first-order valence-corrected chi connectivity index (χ1v) is 8.06. The average Bonchev–Trinajstić information content (AvgIpc) is 2.55. The van der Waals surface area contributed by atoms with Gasteiger partial charge in [0, 0.05) is 4.90 Å². The van der Waals surface area contributed by atoms with Gasteiger partial charge in [-0.05, 0) is 36.8 Å². The summed E-state index contributed by atoms with van der Waals surface area (Å²) in [5, 5.41) is 12.8. The van der Waals surface area contributed by atoms with Crippen LogP contribution in [0.15, 0.2) is 53.4 Å². The fourth-order valence-electron chi connectivity index (χ4n) is 2.03. The fraction of sp³-hybridized carbons (Fsp3) is 0.235. The van der Waals surface area contributed by atoms with Crippen LogP contribution < -0.4 is 5.32 Å². The maximum Gasteiger partial charge on any atom is 0.230 e. The van der Waals surface area contributed by atoms with Gasteiger partial charge in [0.15, 0.2) is 11.6 Å². The molecule has 0 bridgehead atoms. The minimum absolute atomic E-state index is 0.207. The SMILES string of the molecule is CC(NC(=O)CSc1ccccc1)C(O)c1ccc(F)c(F)c1. The van der Waals surface area contributed by atoms with Crippen LogP contribution in [0.4, 0.5) is 8.78 Å². The number of amides is 1. The summed E-state index contributed by atoms with van der Waals surface area (Å²) in [6.45, 7) is 1.61. The number of aliphatic hydroxyl groups excluding tert-OH is 1. The normalized spacial score (nSPS) is 13.4. The molecule has 2 aromatic rings. The van der Waals surface area contributed by atoms with E-state index < -0.39 is 23.8 Å². The first-order chi connectivity index (χ1) is 11.0. The van der Waals surface area contributed by atoms with E-state index in [1.807, 2.05) is 30.3 Å². The third-order valence-electron chi connectivity index (χ3n) is 3.26. The molecule has 2 aromatic carbocycles. The second-order valence-electron chi connectivity index (χ2n) is 5.08. The molecule has 0 saturated heterocycles. The Kier molecular flexibility index (Phi) is 6.12. The van der Waals surface area contributed by atoms with E-state index in [0.717, 1.165) is 17.0 Å². The van der Waals surface area contributed by atoms with Crippen LogP contribution in [0, 0.1) is 11.6 Å². The molecule has 0 aliphatic carbocycles. The molecule has 0 spiro atoms. The lowest BCUT2D eigenvalue weighted by Crippen LogP contribution is -2.38. The zero-order chi connectivity index (χ0) is 16.8. The number of nitrogens with one attached hydrogen (secondary N) is 1. The van der Waals surface area contributed by atoms with Crippen LogP contribution in [0.25, 0.3) is 0 Å². The number of halogens is 2. The van der Waals surface area contributed by atoms with Gasteiger partial charge in [-0.15, -0.1) is 11.8 Å². The summed E-state index contributed by atoms with van der Waals surface area (Å²) < 4.78 is 26.1. The number of aliphatic hydroxyl groups is 1. The van der Waals surface area contributed by atoms with Crippen molar-refractivity contribution < 1.29 is 18.7 Å². The van der Waals surface area contributed by atoms with E-state index in [4.69, 9.17) is 0 Å². The van der Waals surface area contributed by atoms with Crippen LogP contribution in [-0.4, -0.2) is 22.8 Å². The summed E-state index contributed by atoms with van der Waals surface area (Å²) >= 11 is 1.38. The van der Waals surface area contributed by atoms with Crippen LogP contribution in [0.5, 0.6) is 0 Å². The van der Waals surface area contributed by atoms with Crippen molar-refractivity contribution in [3.05, 3.63) is 65.7 Å². The van der Waals surface area contributed by atoms with Gasteiger partial charge < -0.3 is 10.4 Å². The smallest absolute Gasteiger partial charge is 0.230 e. The minimum Gasteiger partial charge on any atom is -0.386 e. The van der Waals surface area contributed by atoms with Gasteiger partial charge in [-0.25, -0.2) is 8.78 Å². The van der Waals surface area contributed by atoms with E-state index in [1.54, 1.807) is 6.92 Å². The Morgan fingerprint density at radius 2 is 1.87 bits per heavy atom. The summed E-state index contributed by atoms with van der Waals surface area (Å²) in [6.07, 6.45) is -1.12. The molecule has 6 heteroatoms. The zero-order valence-corrected chi connectivity index (χ0v) is 13.3. The van der Waals surface area contributed by atoms with Gasteiger partial charge in [-0.2, -0.15) is 0 Å². The highest BCUT2D eigenvalue weighted by Crippen LogP contribution is 2.20. The number of thioether (sulfide) groups is 1. The van der Waals surface area contributed by atoms with Crippen molar-refractivity contribution in [3.8, 4) is 0 Å². The highest BCUT2D eigenvalue weighted by molar-refractivity contribution is 8.00. The number of carbonyl (C=O) groups is 1. The number of carbonyl (C=O) groups excluding carboxylic acids is 1. The average molecular weight is 337 g/mol. The molecule has 2 N–H and O–H groups in total. The van der Waals surface area contributed by atoms with Gasteiger partial charge in [0.05, 0.1) is 17.9 Å². The molecule has 23 heavy (non-hydrogen) atoms. The van der Waals surface area contributed by atoms with E-state index in [0.29, 0.717) is 0 Å². The summed E-state index contributed by atoms with van der Waals surface area (Å²) in [6, 6.07) is 12.0. The Labute approximate surface area is 137 Å². The fourth-order valence-corrected chi connectivity index (χ4v) is 2.76. The minimum atomic E-state index is -1.12. The van der Waals surface area contributed by atoms with Crippen molar-refractivity contribution in [3.63, 3.8) is 0 Å². The monoisotopic (exact) mass is 337 g/mol. The van der Waals surface area contributed by atoms with Gasteiger partial charge in [0.2, 0.25) is 5.91 Å². The van der Waals surface area contributed by atoms with Crippen LogP contribution in [0.3, 0.4) is 0 Å². The second-order valence-corrected chi connectivity index (χ2v) is 6.13. The molecule has 1 amide bonds. The molecule has 0 aliphatic rings. The third-order valence-corrected chi connectivity index (χ3v) is 4.27. The highest BCUT2D eigenvalue weighted by atomic mass is 32.2. The van der Waals surface area contributed by atoms with Crippen molar-refractivity contribution in [1.82, 2.24) is 5.32 Å². The maximum atomic E-state index is 13.2. The molecule has 0 radical (unpaired) electrons. The van der Waals surface area contributed by atoms with Gasteiger partial charge in [0.1, 0.15) is 0 Å². The van der Waals surface area contributed by atoms with Crippen molar-refractivity contribution in [2.45, 2.75) is 24.0 Å². The lowest BCUT2D eigenvalue weighted by Gasteiger charge is -2.20. The highest BCUT2D eigenvalue weighted by Gasteiger charge is 2.19. The Morgan fingerprint density at radius 3 is 2.52 bits per heavy atom. The zero-order valence-electron chi connectivity index (χ0n) is 12.5. The van der Waals surface area contributed by atoms with Crippen molar-refractivity contribution in [2.75, 3.05) is 5.75 Å². The van der Waals surface area contributed by atoms with Crippen molar-refractivity contribution in [1.29, 1.82) is 0 Å². The van der Waals surface area contributed by atoms with Crippen molar-refractivity contribution in [2.24, 2.45) is 0 Å². The molecule has 122 valence electrons. The predicted octanol–water partition coefficient (Wildman–Crippen LogP) is 3.30. The Bertz CT molecular complexity index is 667. The molecule has 0 heterocycles. The van der Waals surface area contributed by atoms with E-state index in [2.05, 4.69) is 5.32 Å². The number of hydrogen-bond donors (Lipinski definition) is 2. The number of rotatable bonds is 6. The van der Waals surface area contributed by atoms with Crippen LogP contribution in [0.1, 0.15) is 18.6 Å². The van der Waals surface area contributed by atoms with Gasteiger partial charge in [0.25, 0.3) is 0 Å². The first-order valence-electron chi connectivity index (χ1n) is 7.07. The molecule has 3 nitrogen and oxygen atoms in total. The largest absolute Gasteiger partial charge is 0.386 e. The number of benzene rings is 2. The molecule has 2 rings (SSSR count). The van der Waals surface area contributed by atoms with Crippen LogP contribution >= 0.6 is 11.8 Å². The lowest BCUT2D eigenvalue weighted by atomic mass is 10.0. The topological polar surface area (TPSA) is 49.3 Å². The lowest BCUT2D eigenvalue weighted by molar-refractivity contribution is -0.119. The summed E-state index contributed by atoms with van der Waals surface area (Å²) in [7, 11) is 0. The molecule has 0 aromatic heterocycles. The quantitative estimate of drug-likeness (QED) is 0.795. The Hall–Kier alpha value is -1.92. The Balaban J connectivity index is 1.88. The van der Waals surface area contributed by atoms with E-state index >= 15 is 0 Å². The van der Waals surface area contributed by atoms with Crippen LogP contribution in [-0.2, 0) is 4.79 Å². The Morgan fingerprint density at radius 1 is 1.17 bits per heavy atom. The molecular formula is C17H17F2NO2S. The molecular weight excluding hydrogens is 320 g/mol. The molecule has 2 atom stereocenters. The van der Waals surface area contributed by atoms with Gasteiger partial charge >= 0.3 is 0 Å². The summed E-state index contributed by atoms with van der Waals surface area (Å²) in [5.74, 6) is -2.04. The molecule has 0 aliphatic heterocycles. The first kappa shape index (κ1) is 17.4. The van der Waals surface area contributed by atoms with Gasteiger partial charge in [-0.1, -0.05) is 24.3 Å². The summed E-state index contributed by atoms with van der Waals surface area (Å²) in [4.78, 5) is 12.9. The van der Waals surface area contributed by atoms with E-state index in [1.165, 1.54) is 17.8 Å². The number of hydrogen-bond acceptors (Lipinski definition) is 3. The van der Waals surface area contributed by atoms with E-state index in [-0.39, 0.29) is 17.2 Å². The molecule has 0 fully saturated rings. The second kappa shape index (κ2) is 8.08. The summed E-state index contributed by atoms with van der Waals surface area (Å²) in [5.41, 5.74) is 0.215. The van der Waals surface area contributed by atoms with Crippen LogP contribution in [0.2, 0.25) is 0 Å². The van der Waals surface area contributed by atoms with Crippen molar-refractivity contribution >= 4 is 17.7 Å². The molecule has 2 unspecified atom stereocenters. The predicted molar refractivity (Wildman–Crippen MR) is 86.1 cm³/mol. The molecule has 0 saturated carbocycles. The van der Waals surface area contributed by atoms with E-state index in [9.17, 15) is 18.7 Å².